The fourth-order valence-corrected chi connectivity index (χ4v) is 3.71. The number of hydrogen-bond donors (Lipinski definition) is 1. The molecule has 0 bridgehead atoms. The minimum absolute atomic E-state index is 0.0507. The number of thiophene rings is 1. The monoisotopic (exact) mass is 304 g/mol. The number of nitrogens with one attached hydrogen (secondary N) is 1. The van der Waals surface area contributed by atoms with E-state index in [1.165, 1.54) is 37.0 Å². The average molecular weight is 304 g/mol. The van der Waals surface area contributed by atoms with Crippen LogP contribution in [-0.4, -0.2) is 10.9 Å². The van der Waals surface area contributed by atoms with Crippen LogP contribution in [0.3, 0.4) is 0 Å². The van der Waals surface area contributed by atoms with Gasteiger partial charge in [0.1, 0.15) is 0 Å². The van der Waals surface area contributed by atoms with E-state index < -0.39 is 0 Å². The Morgan fingerprint density at radius 1 is 1.35 bits per heavy atom. The van der Waals surface area contributed by atoms with Crippen molar-refractivity contribution in [1.29, 1.82) is 0 Å². The zero-order valence-corrected chi connectivity index (χ0v) is 12.7. The van der Waals surface area contributed by atoms with Gasteiger partial charge in [0, 0.05) is 17.2 Å². The van der Waals surface area contributed by atoms with E-state index in [1.54, 1.807) is 17.5 Å². The van der Waals surface area contributed by atoms with E-state index in [2.05, 4.69) is 16.4 Å². The lowest BCUT2D eigenvalue weighted by atomic mass is 10.00. The molecule has 3 nitrogen and oxygen atoms in total. The third kappa shape index (κ3) is 3.16. The quantitative estimate of drug-likeness (QED) is 0.850. The van der Waals surface area contributed by atoms with Crippen LogP contribution in [0.15, 0.2) is 34.5 Å². The molecule has 0 spiro atoms. The normalized spacial score (nSPS) is 16.5. The van der Waals surface area contributed by atoms with E-state index in [4.69, 9.17) is 0 Å². The molecular weight excluding hydrogens is 288 g/mol. The number of carbonyl (C=O) groups excluding carboxylic acids is 1. The second-order valence-electron chi connectivity index (χ2n) is 4.93. The second-order valence-corrected chi connectivity index (χ2v) is 6.60. The van der Waals surface area contributed by atoms with Gasteiger partial charge in [0.2, 0.25) is 0 Å². The van der Waals surface area contributed by atoms with Crippen LogP contribution in [-0.2, 0) is 4.79 Å². The molecule has 1 aliphatic carbocycles. The molecule has 0 unspecified atom stereocenters. The molecule has 0 aliphatic heterocycles. The van der Waals surface area contributed by atoms with Gasteiger partial charge in [-0.2, -0.15) is 11.3 Å². The van der Waals surface area contributed by atoms with Gasteiger partial charge in [0.25, 0.3) is 5.91 Å². The van der Waals surface area contributed by atoms with Gasteiger partial charge >= 0.3 is 0 Å². The predicted octanol–water partition coefficient (Wildman–Crippen LogP) is 4.42. The number of amides is 1. The Morgan fingerprint density at radius 3 is 2.85 bits per heavy atom. The summed E-state index contributed by atoms with van der Waals surface area (Å²) in [6.45, 7) is 0. The van der Waals surface area contributed by atoms with Gasteiger partial charge in [-0.3, -0.25) is 10.1 Å². The molecule has 0 saturated heterocycles. The first-order valence-corrected chi connectivity index (χ1v) is 8.60. The third-order valence-corrected chi connectivity index (χ3v) is 4.90. The maximum absolute atomic E-state index is 12.5. The smallest absolute Gasteiger partial charge is 0.257 e. The fraction of sp³-hybridized carbons (Fsp3) is 0.333. The summed E-state index contributed by atoms with van der Waals surface area (Å²) in [5, 5.41) is 9.44. The van der Waals surface area contributed by atoms with Crippen molar-refractivity contribution >= 4 is 39.3 Å². The van der Waals surface area contributed by atoms with Crippen LogP contribution in [0.2, 0.25) is 0 Å². The molecular formula is C15H16N2OS2. The summed E-state index contributed by atoms with van der Waals surface area (Å²) >= 11 is 3.06. The van der Waals surface area contributed by atoms with Crippen molar-refractivity contribution in [3.05, 3.63) is 40.0 Å². The van der Waals surface area contributed by atoms with E-state index >= 15 is 0 Å². The molecule has 0 atom stereocenters. The Morgan fingerprint density at radius 2 is 2.20 bits per heavy atom. The molecule has 2 aromatic heterocycles. The number of anilines is 1. The van der Waals surface area contributed by atoms with Gasteiger partial charge in [-0.15, -0.1) is 11.3 Å². The molecule has 1 fully saturated rings. The predicted molar refractivity (Wildman–Crippen MR) is 85.0 cm³/mol. The highest BCUT2D eigenvalue weighted by molar-refractivity contribution is 7.13. The van der Waals surface area contributed by atoms with E-state index in [-0.39, 0.29) is 5.91 Å². The SMILES string of the molecule is O=C(Nc1nccs1)C(=CC1CCCC1)c1ccsc1. The van der Waals surface area contributed by atoms with Crippen LogP contribution >= 0.6 is 22.7 Å². The highest BCUT2D eigenvalue weighted by atomic mass is 32.1. The number of allylic oxidation sites excluding steroid dienone is 1. The first-order chi connectivity index (χ1) is 9.83. The summed E-state index contributed by atoms with van der Waals surface area (Å²) < 4.78 is 0. The van der Waals surface area contributed by atoms with Gasteiger partial charge in [-0.1, -0.05) is 18.9 Å². The minimum atomic E-state index is -0.0507. The average Bonchev–Trinajstić information content (AvgIpc) is 3.19. The van der Waals surface area contributed by atoms with Crippen molar-refractivity contribution in [1.82, 2.24) is 4.98 Å². The maximum Gasteiger partial charge on any atom is 0.257 e. The lowest BCUT2D eigenvalue weighted by Crippen LogP contribution is -2.14. The van der Waals surface area contributed by atoms with E-state index in [9.17, 15) is 4.79 Å². The van der Waals surface area contributed by atoms with Gasteiger partial charge in [-0.25, -0.2) is 4.98 Å². The summed E-state index contributed by atoms with van der Waals surface area (Å²) in [7, 11) is 0. The lowest BCUT2D eigenvalue weighted by molar-refractivity contribution is -0.111. The minimum Gasteiger partial charge on any atom is -0.298 e. The Kier molecular flexibility index (Phi) is 4.28. The number of hydrogen-bond acceptors (Lipinski definition) is 4. The van der Waals surface area contributed by atoms with Crippen LogP contribution in [0.25, 0.3) is 5.57 Å². The number of carbonyl (C=O) groups is 1. The van der Waals surface area contributed by atoms with Crippen molar-refractivity contribution in [2.75, 3.05) is 5.32 Å². The summed E-state index contributed by atoms with van der Waals surface area (Å²) in [6.07, 6.45) is 8.78. The van der Waals surface area contributed by atoms with Gasteiger partial charge in [-0.05, 0) is 41.1 Å². The summed E-state index contributed by atoms with van der Waals surface area (Å²) in [5.74, 6) is 0.484. The molecule has 1 aliphatic rings. The van der Waals surface area contributed by atoms with Crippen molar-refractivity contribution in [2.24, 2.45) is 5.92 Å². The molecule has 104 valence electrons. The Bertz CT molecular complexity index is 581. The molecule has 0 aromatic carbocycles. The number of nitrogens with zero attached hydrogens (tertiary/aromatic N) is 1. The van der Waals surface area contributed by atoms with Crippen LogP contribution < -0.4 is 5.32 Å². The first-order valence-electron chi connectivity index (χ1n) is 6.78. The van der Waals surface area contributed by atoms with Gasteiger partial charge in [0.15, 0.2) is 5.13 Å². The van der Waals surface area contributed by atoms with E-state index in [0.29, 0.717) is 11.0 Å². The van der Waals surface area contributed by atoms with Crippen molar-refractivity contribution < 1.29 is 4.79 Å². The molecule has 2 aromatic rings. The van der Waals surface area contributed by atoms with E-state index in [0.717, 1.165) is 11.1 Å². The molecule has 5 heteroatoms. The summed E-state index contributed by atoms with van der Waals surface area (Å²) in [5.41, 5.74) is 1.80. The largest absolute Gasteiger partial charge is 0.298 e. The maximum atomic E-state index is 12.5. The molecule has 3 rings (SSSR count). The first kappa shape index (κ1) is 13.5. The number of rotatable bonds is 4. The highest BCUT2D eigenvalue weighted by Gasteiger charge is 2.19. The fourth-order valence-electron chi connectivity index (χ4n) is 2.53. The Labute approximate surface area is 126 Å². The number of aromatic nitrogens is 1. The number of thiazole rings is 1. The van der Waals surface area contributed by atoms with Crippen LogP contribution in [0.4, 0.5) is 5.13 Å². The standard InChI is InChI=1S/C15H16N2OS2/c18-14(17-15-16-6-8-20-15)13(12-5-7-19-10-12)9-11-3-1-2-4-11/h5-11H,1-4H2,(H,16,17,18). The summed E-state index contributed by atoms with van der Waals surface area (Å²) in [6, 6.07) is 2.01. The molecule has 20 heavy (non-hydrogen) atoms. The van der Waals surface area contributed by atoms with Crippen LogP contribution in [0, 0.1) is 5.92 Å². The van der Waals surface area contributed by atoms with Crippen molar-refractivity contribution in [3.8, 4) is 0 Å². The molecule has 1 N–H and O–H groups in total. The zero-order valence-electron chi connectivity index (χ0n) is 11.0. The van der Waals surface area contributed by atoms with Crippen LogP contribution in [0.1, 0.15) is 31.2 Å². The topological polar surface area (TPSA) is 42.0 Å². The van der Waals surface area contributed by atoms with Crippen molar-refractivity contribution in [3.63, 3.8) is 0 Å². The zero-order chi connectivity index (χ0) is 13.8. The Balaban J connectivity index is 1.83. The lowest BCUT2D eigenvalue weighted by Gasteiger charge is -2.09. The highest BCUT2D eigenvalue weighted by Crippen LogP contribution is 2.30. The molecule has 2 heterocycles. The van der Waals surface area contributed by atoms with Gasteiger partial charge < -0.3 is 0 Å². The molecule has 1 amide bonds. The second kappa shape index (κ2) is 6.33. The van der Waals surface area contributed by atoms with Crippen LogP contribution in [0.5, 0.6) is 0 Å². The van der Waals surface area contributed by atoms with E-state index in [1.807, 2.05) is 22.2 Å². The summed E-state index contributed by atoms with van der Waals surface area (Å²) in [4.78, 5) is 16.6. The Hall–Kier alpha value is -1.46. The van der Waals surface area contributed by atoms with Gasteiger partial charge in [0.05, 0.1) is 0 Å². The molecule has 0 radical (unpaired) electrons. The third-order valence-electron chi connectivity index (χ3n) is 3.53. The molecule has 1 saturated carbocycles. The van der Waals surface area contributed by atoms with Crippen molar-refractivity contribution in [2.45, 2.75) is 25.7 Å².